The summed E-state index contributed by atoms with van der Waals surface area (Å²) in [5.41, 5.74) is 4.57. The summed E-state index contributed by atoms with van der Waals surface area (Å²) in [6.07, 6.45) is 14.2. The van der Waals surface area contributed by atoms with Crippen molar-refractivity contribution >= 4 is 11.9 Å². The molecule has 0 heterocycles. The van der Waals surface area contributed by atoms with Gasteiger partial charge in [0.1, 0.15) is 11.5 Å². The number of carbonyl (C=O) groups excluding carboxylic acids is 2. The molecule has 1 fully saturated rings. The van der Waals surface area contributed by atoms with Crippen LogP contribution in [-0.2, 0) is 16.0 Å². The highest BCUT2D eigenvalue weighted by Crippen LogP contribution is 2.40. The highest BCUT2D eigenvalue weighted by atomic mass is 16.5. The number of hydrogen-bond donors (Lipinski definition) is 2. The van der Waals surface area contributed by atoms with Crippen LogP contribution in [0.5, 0.6) is 11.5 Å². The van der Waals surface area contributed by atoms with Crippen molar-refractivity contribution < 1.29 is 29.3 Å². The van der Waals surface area contributed by atoms with E-state index in [1.165, 1.54) is 81.4 Å². The summed E-state index contributed by atoms with van der Waals surface area (Å²) >= 11 is 0. The molecule has 1 saturated carbocycles. The Morgan fingerprint density at radius 1 is 0.791 bits per heavy atom. The molecule has 0 radical (unpaired) electrons. The lowest BCUT2D eigenvalue weighted by atomic mass is 9.76. The van der Waals surface area contributed by atoms with Gasteiger partial charge in [0.25, 0.3) is 0 Å². The molecule has 234 valence electrons. The second-order valence-electron chi connectivity index (χ2n) is 11.8. The van der Waals surface area contributed by atoms with Crippen LogP contribution in [0.1, 0.15) is 108 Å². The van der Waals surface area contributed by atoms with Crippen LogP contribution in [-0.4, -0.2) is 35.4 Å². The van der Waals surface area contributed by atoms with Gasteiger partial charge in [-0.15, -0.1) is 0 Å². The van der Waals surface area contributed by atoms with Crippen molar-refractivity contribution in [1.82, 2.24) is 0 Å². The Morgan fingerprint density at radius 3 is 1.91 bits per heavy atom. The second-order valence-corrected chi connectivity index (χ2v) is 11.8. The van der Waals surface area contributed by atoms with Crippen molar-refractivity contribution in [2.75, 3.05) is 13.2 Å². The van der Waals surface area contributed by atoms with Crippen LogP contribution in [0.15, 0.2) is 60.7 Å². The molecule has 43 heavy (non-hydrogen) atoms. The minimum Gasteiger partial charge on any atom is -0.423 e. The molecule has 1 aliphatic carbocycles. The van der Waals surface area contributed by atoms with E-state index in [2.05, 4.69) is 45.2 Å². The zero-order chi connectivity index (χ0) is 31.2. The highest BCUT2D eigenvalue weighted by molar-refractivity contribution is 5.91. The Morgan fingerprint density at radius 2 is 1.37 bits per heavy atom. The predicted octanol–water partition coefficient (Wildman–Crippen LogP) is 8.24. The number of aryl methyl sites for hydroxylation is 1. The molecule has 1 aliphatic rings. The van der Waals surface area contributed by atoms with Gasteiger partial charge >= 0.3 is 11.9 Å². The zero-order valence-corrected chi connectivity index (χ0v) is 26.2. The Balaban J connectivity index is 1.81. The Bertz CT molecular complexity index is 1190. The molecule has 0 bridgehead atoms. The average Bonchev–Trinajstić information content (AvgIpc) is 3.01. The summed E-state index contributed by atoms with van der Waals surface area (Å²) in [5.74, 6) is 0.519. The van der Waals surface area contributed by atoms with E-state index in [0.29, 0.717) is 5.92 Å². The van der Waals surface area contributed by atoms with Crippen LogP contribution < -0.4 is 9.47 Å². The van der Waals surface area contributed by atoms with E-state index in [1.54, 1.807) is 12.1 Å². The SMILES string of the molecule is C=C(CCO)C(=O)Oc1cc(OC(=O)C(=C)CCO)cc(-c2ccc(C3CCC(CCCCCCC)CC3)cc2CC)c1. The van der Waals surface area contributed by atoms with Crippen LogP contribution in [0, 0.1) is 5.92 Å². The Labute approximate surface area is 257 Å². The van der Waals surface area contributed by atoms with Gasteiger partial charge in [0, 0.05) is 43.3 Å². The van der Waals surface area contributed by atoms with Crippen molar-refractivity contribution in [2.24, 2.45) is 5.92 Å². The van der Waals surface area contributed by atoms with Crippen LogP contribution in [0.3, 0.4) is 0 Å². The molecule has 0 unspecified atom stereocenters. The fourth-order valence-corrected chi connectivity index (χ4v) is 5.94. The number of esters is 2. The minimum atomic E-state index is -0.657. The van der Waals surface area contributed by atoms with Crippen LogP contribution in [0.4, 0.5) is 0 Å². The number of unbranched alkanes of at least 4 members (excludes halogenated alkanes) is 4. The lowest BCUT2D eigenvalue weighted by molar-refractivity contribution is -0.130. The molecular formula is C37H50O6. The summed E-state index contributed by atoms with van der Waals surface area (Å²) in [4.78, 5) is 25.1. The van der Waals surface area contributed by atoms with Gasteiger partial charge in [-0.05, 0) is 78.3 Å². The van der Waals surface area contributed by atoms with Gasteiger partial charge in [0.2, 0.25) is 0 Å². The van der Waals surface area contributed by atoms with Crippen LogP contribution in [0.25, 0.3) is 11.1 Å². The summed E-state index contributed by atoms with van der Waals surface area (Å²) < 4.78 is 11.1. The third-order valence-electron chi connectivity index (χ3n) is 8.56. The van der Waals surface area contributed by atoms with E-state index in [0.717, 1.165) is 23.5 Å². The molecule has 2 aromatic rings. The number of hydrogen-bond acceptors (Lipinski definition) is 6. The first kappa shape index (κ1) is 34.3. The van der Waals surface area contributed by atoms with Crippen molar-refractivity contribution in [3.8, 4) is 22.6 Å². The quantitative estimate of drug-likeness (QED) is 0.0834. The fraction of sp³-hybridized carbons (Fsp3) is 0.514. The molecule has 6 nitrogen and oxygen atoms in total. The first-order valence-electron chi connectivity index (χ1n) is 16.1. The van der Waals surface area contributed by atoms with Crippen molar-refractivity contribution in [1.29, 1.82) is 0 Å². The van der Waals surface area contributed by atoms with E-state index in [-0.39, 0.29) is 48.7 Å². The molecule has 3 rings (SSSR count). The first-order valence-corrected chi connectivity index (χ1v) is 16.1. The largest absolute Gasteiger partial charge is 0.423 e. The Hall–Kier alpha value is -3.22. The predicted molar refractivity (Wildman–Crippen MR) is 172 cm³/mol. The smallest absolute Gasteiger partial charge is 0.338 e. The number of rotatable bonds is 17. The van der Waals surface area contributed by atoms with Crippen LogP contribution in [0.2, 0.25) is 0 Å². The molecule has 0 spiro atoms. The van der Waals surface area contributed by atoms with Gasteiger partial charge in [-0.2, -0.15) is 0 Å². The van der Waals surface area contributed by atoms with Crippen LogP contribution >= 0.6 is 0 Å². The third-order valence-corrected chi connectivity index (χ3v) is 8.56. The maximum atomic E-state index is 12.6. The number of ether oxygens (including phenoxy) is 2. The average molecular weight is 591 g/mol. The standard InChI is InChI=1S/C37H50O6/c1-5-7-8-9-10-11-28-12-14-30(15-13-28)31-16-17-35(29(6-2)22-31)32-23-33(42-36(40)26(3)18-20-38)25-34(24-32)43-37(41)27(4)19-21-39/h16-17,22-25,28,30,38-39H,3-15,18-21H2,1-2H3. The van der Waals surface area contributed by atoms with Crippen molar-refractivity contribution in [3.63, 3.8) is 0 Å². The normalized spacial score (nSPS) is 16.5. The fourth-order valence-electron chi connectivity index (χ4n) is 5.94. The number of carbonyl (C=O) groups is 2. The summed E-state index contributed by atoms with van der Waals surface area (Å²) in [6, 6.07) is 11.6. The van der Waals surface area contributed by atoms with Crippen molar-refractivity contribution in [2.45, 2.75) is 103 Å². The maximum absolute atomic E-state index is 12.6. The highest BCUT2D eigenvalue weighted by Gasteiger charge is 2.23. The minimum absolute atomic E-state index is 0.101. The van der Waals surface area contributed by atoms with Gasteiger partial charge in [-0.1, -0.05) is 83.7 Å². The van der Waals surface area contributed by atoms with E-state index in [1.807, 2.05) is 0 Å². The monoisotopic (exact) mass is 590 g/mol. The molecule has 0 aliphatic heterocycles. The topological polar surface area (TPSA) is 93.1 Å². The van der Waals surface area contributed by atoms with Gasteiger partial charge in [0.15, 0.2) is 0 Å². The van der Waals surface area contributed by atoms with Gasteiger partial charge in [0.05, 0.1) is 0 Å². The maximum Gasteiger partial charge on any atom is 0.338 e. The molecule has 0 amide bonds. The molecular weight excluding hydrogens is 540 g/mol. The molecule has 2 aromatic carbocycles. The Kier molecular flexibility index (Phi) is 14.2. The van der Waals surface area contributed by atoms with E-state index >= 15 is 0 Å². The first-order chi connectivity index (χ1) is 20.8. The molecule has 2 N–H and O–H groups in total. The molecule has 0 saturated heterocycles. The van der Waals surface area contributed by atoms with Gasteiger partial charge in [-0.25, -0.2) is 9.59 Å². The second kappa shape index (κ2) is 17.8. The number of aliphatic hydroxyl groups is 2. The lowest BCUT2D eigenvalue weighted by Gasteiger charge is -2.29. The molecule has 0 aromatic heterocycles. The molecule has 6 heteroatoms. The van der Waals surface area contributed by atoms with Gasteiger partial charge in [-0.3, -0.25) is 0 Å². The summed E-state index contributed by atoms with van der Waals surface area (Å²) in [5, 5.41) is 18.4. The zero-order valence-electron chi connectivity index (χ0n) is 26.2. The summed E-state index contributed by atoms with van der Waals surface area (Å²) in [6.45, 7) is 11.3. The van der Waals surface area contributed by atoms with Gasteiger partial charge < -0.3 is 19.7 Å². The number of aliphatic hydroxyl groups excluding tert-OH is 2. The van der Waals surface area contributed by atoms with Crippen molar-refractivity contribution in [3.05, 3.63) is 71.8 Å². The molecule has 0 atom stereocenters. The summed E-state index contributed by atoms with van der Waals surface area (Å²) in [7, 11) is 0. The third kappa shape index (κ3) is 10.5. The van der Waals surface area contributed by atoms with E-state index < -0.39 is 11.9 Å². The lowest BCUT2D eigenvalue weighted by Crippen LogP contribution is -2.14. The van der Waals surface area contributed by atoms with E-state index in [9.17, 15) is 19.8 Å². The van der Waals surface area contributed by atoms with E-state index in [4.69, 9.17) is 9.47 Å². The number of benzene rings is 2.